The third-order valence-electron chi connectivity index (χ3n) is 3.45. The summed E-state index contributed by atoms with van der Waals surface area (Å²) in [4.78, 5) is 4.81. The SMILES string of the molecule is COCCSc1nc2ccccc2cc1CNC1CC1. The fraction of sp³-hybridized carbons (Fsp3) is 0.438. The van der Waals surface area contributed by atoms with Crippen LogP contribution in [0.2, 0.25) is 0 Å². The molecule has 0 spiro atoms. The average Bonchev–Trinajstić information content (AvgIpc) is 3.29. The molecule has 1 aromatic carbocycles. The minimum absolute atomic E-state index is 0.721. The van der Waals surface area contributed by atoms with Gasteiger partial charge in [-0.3, -0.25) is 0 Å². The molecule has 2 aromatic rings. The van der Waals surface area contributed by atoms with E-state index in [9.17, 15) is 0 Å². The van der Waals surface area contributed by atoms with Crippen molar-refractivity contribution in [2.24, 2.45) is 0 Å². The smallest absolute Gasteiger partial charge is 0.101 e. The molecule has 1 aliphatic rings. The minimum Gasteiger partial charge on any atom is -0.384 e. The van der Waals surface area contributed by atoms with Gasteiger partial charge in [-0.1, -0.05) is 18.2 Å². The van der Waals surface area contributed by atoms with Crippen molar-refractivity contribution in [2.75, 3.05) is 19.5 Å². The molecule has 0 saturated heterocycles. The van der Waals surface area contributed by atoms with E-state index in [2.05, 4.69) is 29.6 Å². The summed E-state index contributed by atoms with van der Waals surface area (Å²) in [5, 5.41) is 5.94. The van der Waals surface area contributed by atoms with Crippen LogP contribution in [0.1, 0.15) is 18.4 Å². The molecule has 0 unspecified atom stereocenters. The molecule has 0 amide bonds. The second-order valence-corrected chi connectivity index (χ2v) is 6.23. The summed E-state index contributed by atoms with van der Waals surface area (Å²) in [5.74, 6) is 0.943. The molecule has 0 bridgehead atoms. The quantitative estimate of drug-likeness (QED) is 0.626. The number of nitrogens with one attached hydrogen (secondary N) is 1. The summed E-state index contributed by atoms with van der Waals surface area (Å²) in [6.07, 6.45) is 2.63. The van der Waals surface area contributed by atoms with Gasteiger partial charge in [0.2, 0.25) is 0 Å². The monoisotopic (exact) mass is 288 g/mol. The predicted octanol–water partition coefficient (Wildman–Crippen LogP) is 3.23. The van der Waals surface area contributed by atoms with Crippen molar-refractivity contribution in [3.63, 3.8) is 0 Å². The summed E-state index contributed by atoms with van der Waals surface area (Å²) in [6, 6.07) is 11.3. The molecule has 1 N–H and O–H groups in total. The number of thioether (sulfide) groups is 1. The van der Waals surface area contributed by atoms with Gasteiger partial charge < -0.3 is 10.1 Å². The van der Waals surface area contributed by atoms with Crippen molar-refractivity contribution in [3.8, 4) is 0 Å². The van der Waals surface area contributed by atoms with Crippen LogP contribution >= 0.6 is 11.8 Å². The number of rotatable bonds is 7. The lowest BCUT2D eigenvalue weighted by atomic mass is 10.1. The maximum Gasteiger partial charge on any atom is 0.101 e. The molecule has 4 heteroatoms. The summed E-state index contributed by atoms with van der Waals surface area (Å²) in [5.41, 5.74) is 2.37. The van der Waals surface area contributed by atoms with Gasteiger partial charge in [0.15, 0.2) is 0 Å². The Labute approximate surface area is 124 Å². The Morgan fingerprint density at radius 2 is 2.20 bits per heavy atom. The number of hydrogen-bond donors (Lipinski definition) is 1. The van der Waals surface area contributed by atoms with Crippen molar-refractivity contribution in [1.82, 2.24) is 10.3 Å². The largest absolute Gasteiger partial charge is 0.384 e. The van der Waals surface area contributed by atoms with Crippen LogP contribution in [0.25, 0.3) is 10.9 Å². The van der Waals surface area contributed by atoms with E-state index in [0.29, 0.717) is 0 Å². The number of methoxy groups -OCH3 is 1. The molecule has 106 valence electrons. The highest BCUT2D eigenvalue weighted by Crippen LogP contribution is 2.26. The first-order chi connectivity index (χ1) is 9.86. The molecule has 0 radical (unpaired) electrons. The lowest BCUT2D eigenvalue weighted by Gasteiger charge is -2.11. The Bertz CT molecular complexity index is 584. The van der Waals surface area contributed by atoms with Crippen LogP contribution in [0.3, 0.4) is 0 Å². The molecule has 0 aliphatic heterocycles. The zero-order valence-corrected chi connectivity index (χ0v) is 12.6. The third-order valence-corrected chi connectivity index (χ3v) is 4.45. The number of para-hydroxylation sites is 1. The van der Waals surface area contributed by atoms with Crippen LogP contribution in [0, 0.1) is 0 Å². The molecular formula is C16H20N2OS. The van der Waals surface area contributed by atoms with Gasteiger partial charge in [0.25, 0.3) is 0 Å². The first-order valence-electron chi connectivity index (χ1n) is 7.10. The van der Waals surface area contributed by atoms with Crippen molar-refractivity contribution in [3.05, 3.63) is 35.9 Å². The van der Waals surface area contributed by atoms with E-state index in [1.807, 2.05) is 6.07 Å². The fourth-order valence-corrected chi connectivity index (χ4v) is 3.08. The molecule has 0 atom stereocenters. The Kier molecular flexibility index (Phi) is 4.55. The zero-order chi connectivity index (χ0) is 13.8. The van der Waals surface area contributed by atoms with E-state index in [-0.39, 0.29) is 0 Å². The molecule has 1 saturated carbocycles. The van der Waals surface area contributed by atoms with E-state index in [1.54, 1.807) is 18.9 Å². The van der Waals surface area contributed by atoms with Crippen molar-refractivity contribution < 1.29 is 4.74 Å². The van der Waals surface area contributed by atoms with E-state index in [4.69, 9.17) is 9.72 Å². The highest BCUT2D eigenvalue weighted by atomic mass is 32.2. The zero-order valence-electron chi connectivity index (χ0n) is 11.8. The molecule has 3 rings (SSSR count). The lowest BCUT2D eigenvalue weighted by molar-refractivity contribution is 0.218. The topological polar surface area (TPSA) is 34.1 Å². The molecule has 1 fully saturated rings. The van der Waals surface area contributed by atoms with Gasteiger partial charge in [-0.05, 0) is 30.5 Å². The van der Waals surface area contributed by atoms with Crippen molar-refractivity contribution in [1.29, 1.82) is 0 Å². The molecule has 1 aromatic heterocycles. The summed E-state index contributed by atoms with van der Waals surface area (Å²) in [7, 11) is 1.74. The molecule has 3 nitrogen and oxygen atoms in total. The van der Waals surface area contributed by atoms with E-state index < -0.39 is 0 Å². The normalized spacial score (nSPS) is 14.8. The van der Waals surface area contributed by atoms with Crippen LogP contribution in [0.15, 0.2) is 35.4 Å². The van der Waals surface area contributed by atoms with E-state index in [1.165, 1.54) is 23.8 Å². The molecule has 20 heavy (non-hydrogen) atoms. The van der Waals surface area contributed by atoms with Crippen molar-refractivity contribution in [2.45, 2.75) is 30.5 Å². The van der Waals surface area contributed by atoms with Gasteiger partial charge in [0.05, 0.1) is 12.1 Å². The van der Waals surface area contributed by atoms with E-state index >= 15 is 0 Å². The van der Waals surface area contributed by atoms with Crippen LogP contribution in [-0.4, -0.2) is 30.5 Å². The standard InChI is InChI=1S/C16H20N2OS/c1-19-8-9-20-16-13(11-17-14-6-7-14)10-12-4-2-3-5-15(12)18-16/h2-5,10,14,17H,6-9,11H2,1H3. The highest BCUT2D eigenvalue weighted by molar-refractivity contribution is 7.99. The number of benzene rings is 1. The van der Waals surface area contributed by atoms with Gasteiger partial charge in [0.1, 0.15) is 5.03 Å². The highest BCUT2D eigenvalue weighted by Gasteiger charge is 2.20. The maximum atomic E-state index is 5.13. The first-order valence-corrected chi connectivity index (χ1v) is 8.09. The fourth-order valence-electron chi connectivity index (χ4n) is 2.16. The van der Waals surface area contributed by atoms with Gasteiger partial charge in [-0.2, -0.15) is 0 Å². The number of fused-ring (bicyclic) bond motifs is 1. The predicted molar refractivity (Wildman–Crippen MR) is 84.2 cm³/mol. The molecule has 1 aliphatic carbocycles. The van der Waals surface area contributed by atoms with Crippen LogP contribution in [-0.2, 0) is 11.3 Å². The Hall–Kier alpha value is -1.10. The first kappa shape index (κ1) is 13.9. The van der Waals surface area contributed by atoms with Crippen LogP contribution in [0.4, 0.5) is 0 Å². The molecule has 1 heterocycles. The summed E-state index contributed by atoms with van der Waals surface area (Å²) < 4.78 is 5.13. The van der Waals surface area contributed by atoms with Gasteiger partial charge in [-0.15, -0.1) is 11.8 Å². The van der Waals surface area contributed by atoms with Gasteiger partial charge in [-0.25, -0.2) is 4.98 Å². The Morgan fingerprint density at radius 1 is 1.35 bits per heavy atom. The van der Waals surface area contributed by atoms with Crippen molar-refractivity contribution >= 4 is 22.7 Å². The number of nitrogens with zero attached hydrogens (tertiary/aromatic N) is 1. The Balaban J connectivity index is 1.83. The van der Waals surface area contributed by atoms with Gasteiger partial charge >= 0.3 is 0 Å². The average molecular weight is 288 g/mol. The maximum absolute atomic E-state index is 5.13. The number of aromatic nitrogens is 1. The van der Waals surface area contributed by atoms with E-state index in [0.717, 1.165) is 35.5 Å². The molecular weight excluding hydrogens is 268 g/mol. The summed E-state index contributed by atoms with van der Waals surface area (Å²) >= 11 is 1.78. The lowest BCUT2D eigenvalue weighted by Crippen LogP contribution is -2.16. The second kappa shape index (κ2) is 6.57. The van der Waals surface area contributed by atoms with Gasteiger partial charge in [0, 0.05) is 30.8 Å². The summed E-state index contributed by atoms with van der Waals surface area (Å²) in [6.45, 7) is 1.67. The minimum atomic E-state index is 0.721. The van der Waals surface area contributed by atoms with Crippen LogP contribution < -0.4 is 5.32 Å². The number of hydrogen-bond acceptors (Lipinski definition) is 4. The Morgan fingerprint density at radius 3 is 3.00 bits per heavy atom. The van der Waals surface area contributed by atoms with Crippen LogP contribution in [0.5, 0.6) is 0 Å². The number of ether oxygens (including phenoxy) is 1. The third kappa shape index (κ3) is 3.51. The number of pyridine rings is 1. The second-order valence-electron chi connectivity index (χ2n) is 5.14.